The lowest BCUT2D eigenvalue weighted by atomic mass is 10.2. The van der Waals surface area contributed by atoms with Crippen molar-refractivity contribution >= 4 is 31.9 Å². The SMILES string of the molecule is COc1ccccc1OCCOc1ccc(Br)c(CBr)c1. The minimum atomic E-state index is 0.458. The molecular formula is C16H16Br2O3. The molecule has 5 heteroatoms. The Hall–Kier alpha value is -1.20. The van der Waals surface area contributed by atoms with Gasteiger partial charge in [-0.05, 0) is 35.9 Å². The van der Waals surface area contributed by atoms with Crippen molar-refractivity contribution in [1.29, 1.82) is 0 Å². The summed E-state index contributed by atoms with van der Waals surface area (Å²) < 4.78 is 17.6. The van der Waals surface area contributed by atoms with E-state index in [1.165, 1.54) is 0 Å². The highest BCUT2D eigenvalue weighted by atomic mass is 79.9. The van der Waals surface area contributed by atoms with E-state index in [1.54, 1.807) is 7.11 Å². The van der Waals surface area contributed by atoms with E-state index < -0.39 is 0 Å². The Morgan fingerprint density at radius 2 is 1.67 bits per heavy atom. The van der Waals surface area contributed by atoms with Crippen LogP contribution in [0.4, 0.5) is 0 Å². The molecule has 0 aliphatic heterocycles. The quantitative estimate of drug-likeness (QED) is 0.479. The van der Waals surface area contributed by atoms with Crippen LogP contribution in [0.2, 0.25) is 0 Å². The van der Waals surface area contributed by atoms with Gasteiger partial charge in [-0.2, -0.15) is 0 Å². The van der Waals surface area contributed by atoms with Gasteiger partial charge >= 0.3 is 0 Å². The van der Waals surface area contributed by atoms with Gasteiger partial charge in [-0.25, -0.2) is 0 Å². The van der Waals surface area contributed by atoms with Crippen LogP contribution in [0, 0.1) is 0 Å². The number of hydrogen-bond acceptors (Lipinski definition) is 3. The molecule has 0 spiro atoms. The smallest absolute Gasteiger partial charge is 0.161 e. The number of halogens is 2. The molecule has 0 fully saturated rings. The molecular weight excluding hydrogens is 400 g/mol. The van der Waals surface area contributed by atoms with Crippen molar-refractivity contribution in [3.05, 3.63) is 52.5 Å². The van der Waals surface area contributed by atoms with Gasteiger partial charge in [0.25, 0.3) is 0 Å². The molecule has 0 unspecified atom stereocenters. The first kappa shape index (κ1) is 16.2. The highest BCUT2D eigenvalue weighted by molar-refractivity contribution is 9.10. The fraction of sp³-hybridized carbons (Fsp3) is 0.250. The molecule has 0 atom stereocenters. The van der Waals surface area contributed by atoms with Crippen LogP contribution in [0.25, 0.3) is 0 Å². The second-order valence-corrected chi connectivity index (χ2v) is 5.65. The molecule has 2 aromatic carbocycles. The average molecular weight is 416 g/mol. The van der Waals surface area contributed by atoms with E-state index in [2.05, 4.69) is 31.9 Å². The second kappa shape index (κ2) is 8.29. The van der Waals surface area contributed by atoms with Gasteiger partial charge in [0, 0.05) is 9.80 Å². The maximum Gasteiger partial charge on any atom is 0.161 e. The van der Waals surface area contributed by atoms with Crippen molar-refractivity contribution in [3.8, 4) is 17.2 Å². The molecule has 0 saturated carbocycles. The number of methoxy groups -OCH3 is 1. The number of rotatable bonds is 7. The van der Waals surface area contributed by atoms with E-state index in [4.69, 9.17) is 14.2 Å². The van der Waals surface area contributed by atoms with Crippen molar-refractivity contribution < 1.29 is 14.2 Å². The Labute approximate surface area is 141 Å². The summed E-state index contributed by atoms with van der Waals surface area (Å²) in [6.07, 6.45) is 0. The van der Waals surface area contributed by atoms with Crippen LogP contribution in [-0.4, -0.2) is 20.3 Å². The third-order valence-electron chi connectivity index (χ3n) is 2.84. The molecule has 0 N–H and O–H groups in total. The van der Waals surface area contributed by atoms with Crippen LogP contribution < -0.4 is 14.2 Å². The van der Waals surface area contributed by atoms with Gasteiger partial charge in [0.1, 0.15) is 19.0 Å². The second-order valence-electron chi connectivity index (χ2n) is 4.23. The van der Waals surface area contributed by atoms with Crippen LogP contribution in [0.1, 0.15) is 5.56 Å². The van der Waals surface area contributed by atoms with Gasteiger partial charge in [-0.1, -0.05) is 44.0 Å². The molecule has 112 valence electrons. The third kappa shape index (κ3) is 4.64. The van der Waals surface area contributed by atoms with Crippen LogP contribution in [0.3, 0.4) is 0 Å². The standard InChI is InChI=1S/C16H16Br2O3/c1-19-15-4-2-3-5-16(15)21-9-8-20-13-6-7-14(18)12(10-13)11-17/h2-7,10H,8-9,11H2,1H3. The van der Waals surface area contributed by atoms with Crippen molar-refractivity contribution in [2.45, 2.75) is 5.33 Å². The largest absolute Gasteiger partial charge is 0.493 e. The first-order valence-corrected chi connectivity index (χ1v) is 8.39. The van der Waals surface area contributed by atoms with Crippen LogP contribution in [0.15, 0.2) is 46.9 Å². The Bertz CT molecular complexity index is 587. The minimum absolute atomic E-state index is 0.458. The van der Waals surface area contributed by atoms with Gasteiger partial charge < -0.3 is 14.2 Å². The van der Waals surface area contributed by atoms with Crippen LogP contribution in [-0.2, 0) is 5.33 Å². The summed E-state index contributed by atoms with van der Waals surface area (Å²) in [7, 11) is 1.63. The zero-order chi connectivity index (χ0) is 15.1. The highest BCUT2D eigenvalue weighted by Crippen LogP contribution is 2.26. The van der Waals surface area contributed by atoms with E-state index in [9.17, 15) is 0 Å². The Kier molecular flexibility index (Phi) is 6.39. The zero-order valence-electron chi connectivity index (χ0n) is 11.6. The summed E-state index contributed by atoms with van der Waals surface area (Å²) in [6, 6.07) is 13.5. The van der Waals surface area contributed by atoms with E-state index in [-0.39, 0.29) is 0 Å². The number of benzene rings is 2. The molecule has 0 aliphatic rings. The van der Waals surface area contributed by atoms with Crippen molar-refractivity contribution in [2.75, 3.05) is 20.3 Å². The molecule has 0 aliphatic carbocycles. The lowest BCUT2D eigenvalue weighted by Gasteiger charge is -2.11. The lowest BCUT2D eigenvalue weighted by molar-refractivity contribution is 0.211. The molecule has 0 radical (unpaired) electrons. The Morgan fingerprint density at radius 1 is 0.952 bits per heavy atom. The summed E-state index contributed by atoms with van der Waals surface area (Å²) in [5.41, 5.74) is 1.15. The molecule has 21 heavy (non-hydrogen) atoms. The summed E-state index contributed by atoms with van der Waals surface area (Å²) in [4.78, 5) is 0. The van der Waals surface area contributed by atoms with Crippen molar-refractivity contribution in [1.82, 2.24) is 0 Å². The molecule has 0 saturated heterocycles. The van der Waals surface area contributed by atoms with Gasteiger partial charge in [0.15, 0.2) is 11.5 Å². The van der Waals surface area contributed by atoms with Crippen molar-refractivity contribution in [2.24, 2.45) is 0 Å². The Morgan fingerprint density at radius 3 is 2.38 bits per heavy atom. The first-order chi connectivity index (χ1) is 10.2. The number of ether oxygens (including phenoxy) is 3. The van der Waals surface area contributed by atoms with Gasteiger partial charge in [-0.3, -0.25) is 0 Å². The number of hydrogen-bond donors (Lipinski definition) is 0. The van der Waals surface area contributed by atoms with Crippen LogP contribution in [0.5, 0.6) is 17.2 Å². The lowest BCUT2D eigenvalue weighted by Crippen LogP contribution is -2.09. The van der Waals surface area contributed by atoms with Gasteiger partial charge in [-0.15, -0.1) is 0 Å². The summed E-state index contributed by atoms with van der Waals surface area (Å²) >= 11 is 6.94. The van der Waals surface area contributed by atoms with E-state index in [1.807, 2.05) is 42.5 Å². The monoisotopic (exact) mass is 414 g/mol. The molecule has 0 bridgehead atoms. The molecule has 0 aromatic heterocycles. The third-order valence-corrected chi connectivity index (χ3v) is 4.22. The molecule has 2 rings (SSSR count). The van der Waals surface area contributed by atoms with Crippen molar-refractivity contribution in [3.63, 3.8) is 0 Å². The Balaban J connectivity index is 1.84. The fourth-order valence-electron chi connectivity index (χ4n) is 1.79. The summed E-state index contributed by atoms with van der Waals surface area (Å²) in [5, 5.41) is 0.780. The molecule has 0 amide bonds. The topological polar surface area (TPSA) is 27.7 Å². The van der Waals surface area contributed by atoms with E-state index >= 15 is 0 Å². The highest BCUT2D eigenvalue weighted by Gasteiger charge is 2.04. The van der Waals surface area contributed by atoms with Gasteiger partial charge in [0.05, 0.1) is 7.11 Å². The van der Waals surface area contributed by atoms with E-state index in [0.29, 0.717) is 13.2 Å². The average Bonchev–Trinajstić information content (AvgIpc) is 2.53. The molecule has 2 aromatic rings. The maximum absolute atomic E-state index is 5.69. The number of para-hydroxylation sites is 2. The van der Waals surface area contributed by atoms with Gasteiger partial charge in [0.2, 0.25) is 0 Å². The maximum atomic E-state index is 5.69. The predicted molar refractivity (Wildman–Crippen MR) is 90.8 cm³/mol. The fourth-order valence-corrected chi connectivity index (χ4v) is 3.02. The first-order valence-electron chi connectivity index (χ1n) is 6.47. The minimum Gasteiger partial charge on any atom is -0.493 e. The predicted octanol–water partition coefficient (Wildman–Crippen LogP) is 4.81. The van der Waals surface area contributed by atoms with E-state index in [0.717, 1.165) is 32.6 Å². The van der Waals surface area contributed by atoms with Crippen LogP contribution >= 0.6 is 31.9 Å². The number of alkyl halides is 1. The normalized spacial score (nSPS) is 10.2. The zero-order valence-corrected chi connectivity index (χ0v) is 14.8. The summed E-state index contributed by atoms with van der Waals surface area (Å²) in [5.74, 6) is 2.28. The molecule has 0 heterocycles. The summed E-state index contributed by atoms with van der Waals surface area (Å²) in [6.45, 7) is 0.932. The molecule has 3 nitrogen and oxygen atoms in total.